The van der Waals surface area contributed by atoms with Crippen LogP contribution in [0, 0.1) is 0 Å². The molecule has 0 saturated heterocycles. The van der Waals surface area contributed by atoms with Crippen molar-refractivity contribution in [3.63, 3.8) is 0 Å². The third-order valence-electron chi connectivity index (χ3n) is 1.25. The summed E-state index contributed by atoms with van der Waals surface area (Å²) in [4.78, 5) is 0. The average molecular weight is 260 g/mol. The van der Waals surface area contributed by atoms with Crippen LogP contribution in [0.4, 0.5) is 0 Å². The molecule has 0 aromatic heterocycles. The van der Waals surface area contributed by atoms with Crippen molar-refractivity contribution in [1.29, 1.82) is 0 Å². The van der Waals surface area contributed by atoms with Gasteiger partial charge >= 0.3 is 0 Å². The molecule has 0 atom stereocenters. The van der Waals surface area contributed by atoms with Gasteiger partial charge in [-0.15, -0.1) is 0 Å². The van der Waals surface area contributed by atoms with Gasteiger partial charge in [0.1, 0.15) is 0 Å². The Bertz CT molecular complexity index is 15.5. The molecule has 1 aliphatic rings. The molecule has 0 heterocycles. The van der Waals surface area contributed by atoms with Gasteiger partial charge in [0.15, 0.2) is 0 Å². The monoisotopic (exact) mass is 262 g/mol. The van der Waals surface area contributed by atoms with Crippen LogP contribution in [0.3, 0.4) is 0 Å². The molecule has 1 rings (SSSR count). The van der Waals surface area contributed by atoms with Gasteiger partial charge in [-0.05, 0) is 0 Å². The fourth-order valence-corrected chi connectivity index (χ4v) is 0.884. The fourth-order valence-electron chi connectivity index (χ4n) is 0.884. The first-order chi connectivity index (χ1) is 2.50. The molecule has 1 aliphatic carbocycles. The van der Waals surface area contributed by atoms with E-state index in [2.05, 4.69) is 0 Å². The van der Waals surface area contributed by atoms with Crippen molar-refractivity contribution in [2.24, 2.45) is 0 Å². The van der Waals surface area contributed by atoms with Crippen molar-refractivity contribution in [3.8, 4) is 0 Å². The second-order valence-corrected chi connectivity index (χ2v) is 1.77. The molecule has 0 aromatic rings. The Kier molecular flexibility index (Phi) is 4.22. The van der Waals surface area contributed by atoms with Gasteiger partial charge in [-0.2, -0.15) is 0 Å². The molecular formula is C5H10Os. The van der Waals surface area contributed by atoms with E-state index in [-0.39, 0.29) is 19.8 Å². The van der Waals surface area contributed by atoms with Gasteiger partial charge in [0, 0.05) is 19.8 Å². The summed E-state index contributed by atoms with van der Waals surface area (Å²) in [5.74, 6) is 0. The molecule has 0 aliphatic heterocycles. The molecule has 1 heteroatoms. The minimum absolute atomic E-state index is 0. The van der Waals surface area contributed by atoms with Crippen LogP contribution in [-0.4, -0.2) is 0 Å². The summed E-state index contributed by atoms with van der Waals surface area (Å²) in [6.07, 6.45) is 7.50. The second-order valence-electron chi connectivity index (χ2n) is 1.77. The topological polar surface area (TPSA) is 0 Å². The summed E-state index contributed by atoms with van der Waals surface area (Å²) >= 11 is 0. The van der Waals surface area contributed by atoms with E-state index in [9.17, 15) is 0 Å². The van der Waals surface area contributed by atoms with Crippen LogP contribution in [0.5, 0.6) is 0 Å². The molecule has 38 valence electrons. The summed E-state index contributed by atoms with van der Waals surface area (Å²) < 4.78 is 0. The SMILES string of the molecule is C1CCCC1.[Os]. The first-order valence-corrected chi connectivity index (χ1v) is 2.50. The number of hydrogen-bond donors (Lipinski definition) is 0. The van der Waals surface area contributed by atoms with Crippen LogP contribution in [0.1, 0.15) is 32.1 Å². The Hall–Kier alpha value is 0.636. The Morgan fingerprint density at radius 2 is 0.667 bits per heavy atom. The maximum atomic E-state index is 1.50. The largest absolute Gasteiger partial charge is 0.0533 e. The Labute approximate surface area is 52.4 Å². The van der Waals surface area contributed by atoms with Gasteiger partial charge < -0.3 is 0 Å². The van der Waals surface area contributed by atoms with Crippen molar-refractivity contribution in [3.05, 3.63) is 0 Å². The quantitative estimate of drug-likeness (QED) is 0.624. The van der Waals surface area contributed by atoms with Crippen molar-refractivity contribution in [1.82, 2.24) is 0 Å². The zero-order valence-electron chi connectivity index (χ0n) is 3.89. The minimum atomic E-state index is 0. The van der Waals surface area contributed by atoms with E-state index in [1.54, 1.807) is 0 Å². The van der Waals surface area contributed by atoms with E-state index in [4.69, 9.17) is 0 Å². The molecule has 1 fully saturated rings. The van der Waals surface area contributed by atoms with Crippen LogP contribution in [0.2, 0.25) is 0 Å². The molecule has 0 radical (unpaired) electrons. The minimum Gasteiger partial charge on any atom is -0.0533 e. The second kappa shape index (κ2) is 3.81. The molecule has 0 bridgehead atoms. The zero-order chi connectivity index (χ0) is 3.54. The van der Waals surface area contributed by atoms with Gasteiger partial charge in [0.05, 0.1) is 0 Å². The van der Waals surface area contributed by atoms with E-state index < -0.39 is 0 Å². The fraction of sp³-hybridized carbons (Fsp3) is 1.00. The van der Waals surface area contributed by atoms with Crippen LogP contribution in [-0.2, 0) is 19.8 Å². The van der Waals surface area contributed by atoms with Crippen LogP contribution < -0.4 is 0 Å². The van der Waals surface area contributed by atoms with Crippen LogP contribution in [0.15, 0.2) is 0 Å². The standard InChI is InChI=1S/C5H10.Os/c1-2-4-5-3-1;/h1-5H2;. The number of hydrogen-bond acceptors (Lipinski definition) is 0. The van der Waals surface area contributed by atoms with Crippen molar-refractivity contribution in [2.75, 3.05) is 0 Å². The average Bonchev–Trinajstić information content (AvgIpc) is 1.76. The Balaban J connectivity index is 0.000000250. The third kappa shape index (κ3) is 1.93. The summed E-state index contributed by atoms with van der Waals surface area (Å²) in [5, 5.41) is 0. The van der Waals surface area contributed by atoms with E-state index in [1.807, 2.05) is 0 Å². The van der Waals surface area contributed by atoms with Crippen LogP contribution >= 0.6 is 0 Å². The van der Waals surface area contributed by atoms with Crippen LogP contribution in [0.25, 0.3) is 0 Å². The van der Waals surface area contributed by atoms with Crippen molar-refractivity contribution < 1.29 is 19.8 Å². The maximum Gasteiger partial charge on any atom is 0 e. The van der Waals surface area contributed by atoms with E-state index in [1.165, 1.54) is 32.1 Å². The molecule has 0 spiro atoms. The van der Waals surface area contributed by atoms with Gasteiger partial charge in [-0.25, -0.2) is 0 Å². The van der Waals surface area contributed by atoms with E-state index in [0.717, 1.165) is 0 Å². The third-order valence-corrected chi connectivity index (χ3v) is 1.25. The van der Waals surface area contributed by atoms with Crippen molar-refractivity contribution in [2.45, 2.75) is 32.1 Å². The van der Waals surface area contributed by atoms with E-state index >= 15 is 0 Å². The first-order valence-electron chi connectivity index (χ1n) is 2.50. The molecule has 6 heavy (non-hydrogen) atoms. The molecule has 0 unspecified atom stereocenters. The molecule has 0 amide bonds. The summed E-state index contributed by atoms with van der Waals surface area (Å²) in [7, 11) is 0. The first kappa shape index (κ1) is 6.64. The van der Waals surface area contributed by atoms with E-state index in [0.29, 0.717) is 0 Å². The number of rotatable bonds is 0. The molecule has 0 aromatic carbocycles. The van der Waals surface area contributed by atoms with Gasteiger partial charge in [-0.1, -0.05) is 32.1 Å². The summed E-state index contributed by atoms with van der Waals surface area (Å²) in [6, 6.07) is 0. The maximum absolute atomic E-state index is 1.50. The molecule has 1 saturated carbocycles. The zero-order valence-corrected chi connectivity index (χ0v) is 6.43. The molecule has 0 N–H and O–H groups in total. The predicted molar refractivity (Wildman–Crippen MR) is 23.1 cm³/mol. The normalized spacial score (nSPS) is 20.0. The van der Waals surface area contributed by atoms with Gasteiger partial charge in [-0.3, -0.25) is 0 Å². The van der Waals surface area contributed by atoms with Gasteiger partial charge in [0.25, 0.3) is 0 Å². The smallest absolute Gasteiger partial charge is 0 e. The summed E-state index contributed by atoms with van der Waals surface area (Å²) in [5.41, 5.74) is 0. The predicted octanol–water partition coefficient (Wildman–Crippen LogP) is 1.95. The Morgan fingerprint density at radius 1 is 0.500 bits per heavy atom. The molecular weight excluding hydrogens is 250 g/mol. The molecule has 0 nitrogen and oxygen atoms in total. The van der Waals surface area contributed by atoms with Gasteiger partial charge in [0.2, 0.25) is 0 Å². The Morgan fingerprint density at radius 3 is 0.833 bits per heavy atom. The van der Waals surface area contributed by atoms with Crippen molar-refractivity contribution >= 4 is 0 Å². The summed E-state index contributed by atoms with van der Waals surface area (Å²) in [6.45, 7) is 0.